The summed E-state index contributed by atoms with van der Waals surface area (Å²) in [6, 6.07) is 2.07. The third-order valence-corrected chi connectivity index (χ3v) is 2.56. The van der Waals surface area contributed by atoms with Crippen LogP contribution in [-0.2, 0) is 0 Å². The highest BCUT2D eigenvalue weighted by molar-refractivity contribution is 9.11. The zero-order chi connectivity index (χ0) is 7.40. The van der Waals surface area contributed by atoms with Crippen LogP contribution in [0.5, 0.6) is 0 Å². The maximum Gasteiger partial charge on any atom is 0.0704 e. The Bertz CT molecular complexity index is 229. The molecule has 0 aliphatic carbocycles. The van der Waals surface area contributed by atoms with Crippen molar-refractivity contribution in [2.75, 3.05) is 6.54 Å². The molecule has 0 aliphatic heterocycles. The van der Waals surface area contributed by atoms with Crippen molar-refractivity contribution in [2.24, 2.45) is 5.73 Å². The van der Waals surface area contributed by atoms with Gasteiger partial charge in [-0.2, -0.15) is 0 Å². The van der Waals surface area contributed by atoms with Gasteiger partial charge >= 0.3 is 0 Å². The highest BCUT2D eigenvalue weighted by Crippen LogP contribution is 2.21. The van der Waals surface area contributed by atoms with Crippen LogP contribution < -0.4 is 5.73 Å². The fourth-order valence-electron chi connectivity index (χ4n) is 0.615. The van der Waals surface area contributed by atoms with Gasteiger partial charge in [-0.1, -0.05) is 12.2 Å². The minimum atomic E-state index is 0.605. The van der Waals surface area contributed by atoms with Crippen molar-refractivity contribution < 1.29 is 0 Å². The van der Waals surface area contributed by atoms with Crippen LogP contribution in [0.2, 0.25) is 0 Å². The van der Waals surface area contributed by atoms with Gasteiger partial charge in [0.15, 0.2) is 0 Å². The van der Waals surface area contributed by atoms with E-state index in [4.69, 9.17) is 5.73 Å². The number of halogens is 1. The molecule has 0 saturated heterocycles. The summed E-state index contributed by atoms with van der Waals surface area (Å²) < 4.78 is 1.16. The standard InChI is InChI=1S/C7H8BrNS/c8-7-4-6(5-10-7)2-1-3-9/h1-2,4-5H,3,9H2/b2-1+. The van der Waals surface area contributed by atoms with Crippen molar-refractivity contribution in [3.05, 3.63) is 26.9 Å². The number of thiophene rings is 1. The average Bonchev–Trinajstić information content (AvgIpc) is 2.31. The first-order valence-electron chi connectivity index (χ1n) is 2.93. The summed E-state index contributed by atoms with van der Waals surface area (Å²) in [7, 11) is 0. The Morgan fingerprint density at radius 2 is 2.50 bits per heavy atom. The van der Waals surface area contributed by atoms with E-state index in [1.165, 1.54) is 5.56 Å². The lowest BCUT2D eigenvalue weighted by molar-refractivity contribution is 1.26. The lowest BCUT2D eigenvalue weighted by Crippen LogP contribution is -1.91. The monoisotopic (exact) mass is 217 g/mol. The predicted molar refractivity (Wildman–Crippen MR) is 50.1 cm³/mol. The Labute approximate surface area is 72.7 Å². The highest BCUT2D eigenvalue weighted by Gasteiger charge is 1.90. The minimum Gasteiger partial charge on any atom is -0.327 e. The zero-order valence-corrected chi connectivity index (χ0v) is 7.78. The van der Waals surface area contributed by atoms with E-state index in [-0.39, 0.29) is 0 Å². The SMILES string of the molecule is NC/C=C/c1csc(Br)c1. The summed E-state index contributed by atoms with van der Waals surface area (Å²) in [5.74, 6) is 0. The molecule has 10 heavy (non-hydrogen) atoms. The lowest BCUT2D eigenvalue weighted by atomic mass is 10.3. The van der Waals surface area contributed by atoms with Crippen LogP contribution in [0.25, 0.3) is 6.08 Å². The average molecular weight is 218 g/mol. The molecule has 0 unspecified atom stereocenters. The summed E-state index contributed by atoms with van der Waals surface area (Å²) in [4.78, 5) is 0. The molecular formula is C7H8BrNS. The molecule has 2 N–H and O–H groups in total. The Morgan fingerprint density at radius 1 is 1.70 bits per heavy atom. The predicted octanol–water partition coefficient (Wildman–Crippen LogP) is 2.48. The van der Waals surface area contributed by atoms with Gasteiger partial charge in [0.2, 0.25) is 0 Å². The smallest absolute Gasteiger partial charge is 0.0704 e. The molecular weight excluding hydrogens is 210 g/mol. The van der Waals surface area contributed by atoms with E-state index in [1.807, 2.05) is 12.2 Å². The van der Waals surface area contributed by atoms with Crippen LogP contribution in [0.15, 0.2) is 21.3 Å². The second-order valence-electron chi connectivity index (χ2n) is 1.82. The lowest BCUT2D eigenvalue weighted by Gasteiger charge is -1.79. The molecule has 1 heterocycles. The van der Waals surface area contributed by atoms with Gasteiger partial charge < -0.3 is 5.73 Å². The van der Waals surface area contributed by atoms with Gasteiger partial charge in [-0.05, 0) is 32.9 Å². The van der Waals surface area contributed by atoms with Gasteiger partial charge in [-0.25, -0.2) is 0 Å². The molecule has 1 aromatic heterocycles. The molecule has 0 fully saturated rings. The van der Waals surface area contributed by atoms with Gasteiger partial charge in [0, 0.05) is 6.54 Å². The Morgan fingerprint density at radius 3 is 3.00 bits per heavy atom. The summed E-state index contributed by atoms with van der Waals surface area (Å²) >= 11 is 5.06. The first-order valence-corrected chi connectivity index (χ1v) is 4.61. The van der Waals surface area contributed by atoms with E-state index >= 15 is 0 Å². The van der Waals surface area contributed by atoms with Crippen molar-refractivity contribution in [1.82, 2.24) is 0 Å². The van der Waals surface area contributed by atoms with Crippen molar-refractivity contribution in [3.8, 4) is 0 Å². The fraction of sp³-hybridized carbons (Fsp3) is 0.143. The normalized spacial score (nSPS) is 11.0. The van der Waals surface area contributed by atoms with Gasteiger partial charge in [0.05, 0.1) is 3.79 Å². The van der Waals surface area contributed by atoms with Gasteiger partial charge in [0.25, 0.3) is 0 Å². The van der Waals surface area contributed by atoms with Crippen LogP contribution in [0, 0.1) is 0 Å². The largest absolute Gasteiger partial charge is 0.327 e. The van der Waals surface area contributed by atoms with E-state index in [1.54, 1.807) is 11.3 Å². The number of hydrogen-bond acceptors (Lipinski definition) is 2. The molecule has 0 amide bonds. The quantitative estimate of drug-likeness (QED) is 0.810. The third-order valence-electron chi connectivity index (χ3n) is 1.03. The van der Waals surface area contributed by atoms with Crippen molar-refractivity contribution >= 4 is 33.3 Å². The zero-order valence-electron chi connectivity index (χ0n) is 5.38. The van der Waals surface area contributed by atoms with E-state index in [9.17, 15) is 0 Å². The van der Waals surface area contributed by atoms with Crippen molar-refractivity contribution in [3.63, 3.8) is 0 Å². The molecule has 1 nitrogen and oxygen atoms in total. The first kappa shape index (κ1) is 7.98. The minimum absolute atomic E-state index is 0.605. The maximum absolute atomic E-state index is 5.29. The number of rotatable bonds is 2. The Kier molecular flexibility index (Phi) is 3.12. The Balaban J connectivity index is 2.67. The summed E-state index contributed by atoms with van der Waals surface area (Å²) in [5, 5.41) is 2.08. The molecule has 0 saturated carbocycles. The van der Waals surface area contributed by atoms with Gasteiger partial charge in [0.1, 0.15) is 0 Å². The molecule has 0 spiro atoms. The number of hydrogen-bond donors (Lipinski definition) is 1. The topological polar surface area (TPSA) is 26.0 Å². The molecule has 0 atom stereocenters. The van der Waals surface area contributed by atoms with Crippen molar-refractivity contribution in [2.45, 2.75) is 0 Å². The van der Waals surface area contributed by atoms with E-state index in [0.717, 1.165) is 3.79 Å². The molecule has 1 aromatic rings. The summed E-state index contributed by atoms with van der Waals surface area (Å²) in [6.07, 6.45) is 3.95. The number of nitrogens with two attached hydrogens (primary N) is 1. The molecule has 0 radical (unpaired) electrons. The molecule has 0 bridgehead atoms. The summed E-state index contributed by atoms with van der Waals surface area (Å²) in [5.41, 5.74) is 6.50. The Hall–Kier alpha value is -0.120. The van der Waals surface area contributed by atoms with Crippen LogP contribution in [0.3, 0.4) is 0 Å². The molecule has 1 rings (SSSR count). The molecule has 0 aromatic carbocycles. The molecule has 54 valence electrons. The first-order chi connectivity index (χ1) is 4.83. The van der Waals surface area contributed by atoms with Gasteiger partial charge in [-0.15, -0.1) is 11.3 Å². The highest BCUT2D eigenvalue weighted by atomic mass is 79.9. The van der Waals surface area contributed by atoms with Crippen LogP contribution in [0.4, 0.5) is 0 Å². The fourth-order valence-corrected chi connectivity index (χ4v) is 1.76. The van der Waals surface area contributed by atoms with Crippen LogP contribution >= 0.6 is 27.3 Å². The summed E-state index contributed by atoms with van der Waals surface area (Å²) in [6.45, 7) is 0.605. The molecule has 3 heteroatoms. The van der Waals surface area contributed by atoms with E-state index < -0.39 is 0 Å². The van der Waals surface area contributed by atoms with Crippen LogP contribution in [0.1, 0.15) is 5.56 Å². The van der Waals surface area contributed by atoms with Crippen molar-refractivity contribution in [1.29, 1.82) is 0 Å². The second-order valence-corrected chi connectivity index (χ2v) is 4.11. The second kappa shape index (κ2) is 3.91. The van der Waals surface area contributed by atoms with E-state index in [0.29, 0.717) is 6.54 Å². The molecule has 0 aliphatic rings. The maximum atomic E-state index is 5.29. The third kappa shape index (κ3) is 2.25. The van der Waals surface area contributed by atoms with Crippen LogP contribution in [-0.4, -0.2) is 6.54 Å². The van der Waals surface area contributed by atoms with E-state index in [2.05, 4.69) is 27.4 Å². The van der Waals surface area contributed by atoms with Gasteiger partial charge in [-0.3, -0.25) is 0 Å².